The molecule has 132 valence electrons. The molecule has 0 spiro atoms. The normalized spacial score (nSPS) is 13.4. The van der Waals surface area contributed by atoms with Crippen LogP contribution in [0.4, 0.5) is 0 Å². The Morgan fingerprint density at radius 3 is 2.64 bits per heavy atom. The van der Waals surface area contributed by atoms with E-state index in [9.17, 15) is 9.59 Å². The molecule has 0 atom stereocenters. The van der Waals surface area contributed by atoms with Crippen molar-refractivity contribution in [3.63, 3.8) is 0 Å². The molecule has 0 fully saturated rings. The lowest BCUT2D eigenvalue weighted by molar-refractivity contribution is 0.0521. The average molecular weight is 358 g/mol. The number of aryl methyl sites for hydroxylation is 1. The van der Waals surface area contributed by atoms with Gasteiger partial charge >= 0.3 is 5.97 Å². The predicted octanol–water partition coefficient (Wildman–Crippen LogP) is 3.07. The molecular weight excluding hydrogens is 336 g/mol. The number of hydrogen-bond donors (Lipinski definition) is 0. The van der Waals surface area contributed by atoms with Crippen molar-refractivity contribution < 1.29 is 9.53 Å². The summed E-state index contributed by atoms with van der Waals surface area (Å²) in [5.41, 5.74) is 2.44. The maximum absolute atomic E-state index is 12.9. The van der Waals surface area contributed by atoms with Gasteiger partial charge in [-0.2, -0.15) is 5.10 Å². The summed E-state index contributed by atoms with van der Waals surface area (Å²) in [6.45, 7) is 2.36. The van der Waals surface area contributed by atoms with Gasteiger partial charge in [-0.1, -0.05) is 12.1 Å². The Hall–Kier alpha value is -2.08. The molecule has 0 radical (unpaired) electrons. The van der Waals surface area contributed by atoms with Crippen LogP contribution in [0.25, 0.3) is 0 Å². The molecule has 0 saturated carbocycles. The van der Waals surface area contributed by atoms with E-state index in [1.807, 2.05) is 30.5 Å². The van der Waals surface area contributed by atoms with Gasteiger partial charge in [0.15, 0.2) is 0 Å². The Morgan fingerprint density at radius 1 is 1.24 bits per heavy atom. The lowest BCUT2D eigenvalue weighted by Gasteiger charge is -2.19. The first-order valence-electron chi connectivity index (χ1n) is 8.57. The van der Waals surface area contributed by atoms with Crippen LogP contribution in [0.3, 0.4) is 0 Å². The standard InChI is InChI=1S/C19H22N2O3S/c1-3-24-19(23)17-15-6-4-5-7-16(15)20-21(18(17)22)12-13-8-10-14(25-2)11-9-13/h8-11H,3-7,12H2,1-2H3. The Bertz CT molecular complexity index is 828. The summed E-state index contributed by atoms with van der Waals surface area (Å²) < 4.78 is 6.53. The molecule has 5 nitrogen and oxygen atoms in total. The number of fused-ring (bicyclic) bond motifs is 1. The first-order chi connectivity index (χ1) is 12.1. The largest absolute Gasteiger partial charge is 0.462 e. The quantitative estimate of drug-likeness (QED) is 0.607. The molecule has 1 aromatic heterocycles. The maximum Gasteiger partial charge on any atom is 0.344 e. The number of esters is 1. The van der Waals surface area contributed by atoms with E-state index in [2.05, 4.69) is 5.10 Å². The van der Waals surface area contributed by atoms with Crippen LogP contribution in [-0.4, -0.2) is 28.6 Å². The molecule has 0 amide bonds. The fraction of sp³-hybridized carbons (Fsp3) is 0.421. The Balaban J connectivity index is 2.02. The molecule has 0 bridgehead atoms. The highest BCUT2D eigenvalue weighted by Crippen LogP contribution is 2.22. The van der Waals surface area contributed by atoms with Gasteiger partial charge in [0.1, 0.15) is 5.56 Å². The zero-order valence-electron chi connectivity index (χ0n) is 14.6. The van der Waals surface area contributed by atoms with Crippen LogP contribution >= 0.6 is 11.8 Å². The van der Waals surface area contributed by atoms with Gasteiger partial charge in [0.25, 0.3) is 5.56 Å². The van der Waals surface area contributed by atoms with Crippen molar-refractivity contribution in [3.8, 4) is 0 Å². The highest BCUT2D eigenvalue weighted by Gasteiger charge is 2.25. The van der Waals surface area contributed by atoms with Gasteiger partial charge in [0, 0.05) is 4.90 Å². The number of rotatable bonds is 5. The molecule has 2 aromatic rings. The minimum absolute atomic E-state index is 0.173. The first kappa shape index (κ1) is 17.7. The van der Waals surface area contributed by atoms with Crippen LogP contribution in [0, 0.1) is 0 Å². The van der Waals surface area contributed by atoms with Crippen molar-refractivity contribution in [2.45, 2.75) is 44.0 Å². The SMILES string of the molecule is CCOC(=O)c1c2c(nn(Cc3ccc(SC)cc3)c1=O)CCCC2. The second kappa shape index (κ2) is 7.87. The van der Waals surface area contributed by atoms with Crippen LogP contribution in [0.5, 0.6) is 0 Å². The fourth-order valence-corrected chi connectivity index (χ4v) is 3.55. The van der Waals surface area contributed by atoms with Crippen molar-refractivity contribution >= 4 is 17.7 Å². The molecule has 6 heteroatoms. The highest BCUT2D eigenvalue weighted by atomic mass is 32.2. The molecule has 1 aromatic carbocycles. The van der Waals surface area contributed by atoms with Gasteiger partial charge in [-0.05, 0) is 62.1 Å². The third kappa shape index (κ3) is 3.79. The van der Waals surface area contributed by atoms with E-state index in [0.29, 0.717) is 6.54 Å². The maximum atomic E-state index is 12.9. The van der Waals surface area contributed by atoms with Crippen molar-refractivity contribution in [3.05, 3.63) is 57.0 Å². The van der Waals surface area contributed by atoms with Gasteiger partial charge in [-0.3, -0.25) is 4.79 Å². The summed E-state index contributed by atoms with van der Waals surface area (Å²) in [6.07, 6.45) is 5.54. The number of aromatic nitrogens is 2. The van der Waals surface area contributed by atoms with Crippen molar-refractivity contribution in [1.29, 1.82) is 0 Å². The van der Waals surface area contributed by atoms with Crippen molar-refractivity contribution in [2.24, 2.45) is 0 Å². The number of carbonyl (C=O) groups excluding carboxylic acids is 1. The number of benzene rings is 1. The van der Waals surface area contributed by atoms with Gasteiger partial charge in [-0.25, -0.2) is 9.48 Å². The van der Waals surface area contributed by atoms with Gasteiger partial charge in [0.2, 0.25) is 0 Å². The first-order valence-corrected chi connectivity index (χ1v) is 9.79. The van der Waals surface area contributed by atoms with E-state index in [-0.39, 0.29) is 17.7 Å². The van der Waals surface area contributed by atoms with E-state index in [1.165, 1.54) is 9.58 Å². The van der Waals surface area contributed by atoms with E-state index in [0.717, 1.165) is 42.5 Å². The predicted molar refractivity (Wildman–Crippen MR) is 98.4 cm³/mol. The summed E-state index contributed by atoms with van der Waals surface area (Å²) in [4.78, 5) is 26.4. The molecule has 3 rings (SSSR count). The second-order valence-corrected chi connectivity index (χ2v) is 6.92. The van der Waals surface area contributed by atoms with E-state index < -0.39 is 5.97 Å². The Morgan fingerprint density at radius 2 is 1.96 bits per heavy atom. The summed E-state index contributed by atoms with van der Waals surface area (Å²) in [5, 5.41) is 4.55. The Kier molecular flexibility index (Phi) is 5.58. The Labute approximate surface area is 151 Å². The second-order valence-electron chi connectivity index (χ2n) is 6.04. The third-order valence-electron chi connectivity index (χ3n) is 4.40. The molecule has 0 saturated heterocycles. The number of carbonyl (C=O) groups is 1. The molecular formula is C19H22N2O3S. The summed E-state index contributed by atoms with van der Waals surface area (Å²) >= 11 is 1.67. The molecule has 1 heterocycles. The van der Waals surface area contributed by atoms with Crippen LogP contribution in [0.1, 0.15) is 46.9 Å². The zero-order chi connectivity index (χ0) is 17.8. The smallest absolute Gasteiger partial charge is 0.344 e. The van der Waals surface area contributed by atoms with E-state index >= 15 is 0 Å². The topological polar surface area (TPSA) is 61.2 Å². The molecule has 0 unspecified atom stereocenters. The van der Waals surface area contributed by atoms with Crippen LogP contribution < -0.4 is 5.56 Å². The van der Waals surface area contributed by atoms with Crippen LogP contribution in [0.2, 0.25) is 0 Å². The van der Waals surface area contributed by atoms with Gasteiger partial charge in [0.05, 0.1) is 18.8 Å². The van der Waals surface area contributed by atoms with Gasteiger partial charge in [-0.15, -0.1) is 11.8 Å². The molecule has 25 heavy (non-hydrogen) atoms. The lowest BCUT2D eigenvalue weighted by atomic mass is 9.93. The minimum atomic E-state index is -0.528. The summed E-state index contributed by atoms with van der Waals surface area (Å²) in [6, 6.07) is 8.03. The van der Waals surface area contributed by atoms with Gasteiger partial charge < -0.3 is 4.74 Å². The highest BCUT2D eigenvalue weighted by molar-refractivity contribution is 7.98. The zero-order valence-corrected chi connectivity index (χ0v) is 15.4. The molecule has 0 aliphatic heterocycles. The summed E-state index contributed by atoms with van der Waals surface area (Å²) in [5.74, 6) is -0.528. The number of nitrogens with zero attached hydrogens (tertiary/aromatic N) is 2. The monoisotopic (exact) mass is 358 g/mol. The number of ether oxygens (including phenoxy) is 1. The fourth-order valence-electron chi connectivity index (χ4n) is 3.14. The lowest BCUT2D eigenvalue weighted by Crippen LogP contribution is -2.34. The van der Waals surface area contributed by atoms with Crippen molar-refractivity contribution in [2.75, 3.05) is 12.9 Å². The van der Waals surface area contributed by atoms with Crippen LogP contribution in [-0.2, 0) is 24.1 Å². The minimum Gasteiger partial charge on any atom is -0.462 e. The van der Waals surface area contributed by atoms with Crippen molar-refractivity contribution in [1.82, 2.24) is 9.78 Å². The number of hydrogen-bond acceptors (Lipinski definition) is 5. The summed E-state index contributed by atoms with van der Waals surface area (Å²) in [7, 11) is 0. The molecule has 1 aliphatic carbocycles. The third-order valence-corrected chi connectivity index (χ3v) is 5.14. The number of thioether (sulfide) groups is 1. The molecule has 0 N–H and O–H groups in total. The molecule has 1 aliphatic rings. The van der Waals surface area contributed by atoms with Crippen LogP contribution in [0.15, 0.2) is 34.0 Å². The van der Waals surface area contributed by atoms with E-state index in [4.69, 9.17) is 4.74 Å². The van der Waals surface area contributed by atoms with E-state index in [1.54, 1.807) is 18.7 Å². The average Bonchev–Trinajstić information content (AvgIpc) is 2.63.